The highest BCUT2D eigenvalue weighted by Crippen LogP contribution is 2.30. The zero-order valence-electron chi connectivity index (χ0n) is 7.04. The molecule has 0 saturated heterocycles. The Morgan fingerprint density at radius 3 is 1.93 bits per heavy atom. The first-order valence-electron chi connectivity index (χ1n) is 3.69. The van der Waals surface area contributed by atoms with Crippen LogP contribution in [0.1, 0.15) is 12.2 Å². The van der Waals surface area contributed by atoms with Gasteiger partial charge >= 0.3 is 0 Å². The van der Waals surface area contributed by atoms with Crippen LogP contribution in [0.2, 0.25) is 0 Å². The van der Waals surface area contributed by atoms with E-state index in [0.717, 1.165) is 0 Å². The van der Waals surface area contributed by atoms with Gasteiger partial charge in [0.25, 0.3) is 0 Å². The quantitative estimate of drug-likeness (QED) is 0.779. The van der Waals surface area contributed by atoms with Gasteiger partial charge in [0.2, 0.25) is 11.9 Å². The molecule has 1 aromatic rings. The molecule has 1 rings (SSSR count). The fourth-order valence-electron chi connectivity index (χ4n) is 0.822. The predicted molar refractivity (Wildman–Crippen MR) is 57.3 cm³/mol. The van der Waals surface area contributed by atoms with E-state index in [1.54, 1.807) is 0 Å². The van der Waals surface area contributed by atoms with Gasteiger partial charge in [-0.1, -0.05) is 34.8 Å². The van der Waals surface area contributed by atoms with E-state index < -0.39 is 3.79 Å². The van der Waals surface area contributed by atoms with Gasteiger partial charge in [-0.05, 0) is 0 Å². The Morgan fingerprint density at radius 1 is 1.00 bits per heavy atom. The lowest BCUT2D eigenvalue weighted by molar-refractivity contribution is 0.786. The van der Waals surface area contributed by atoms with Crippen LogP contribution in [0.3, 0.4) is 0 Å². The summed E-state index contributed by atoms with van der Waals surface area (Å²) in [4.78, 5) is 11.3. The lowest BCUT2D eigenvalue weighted by Gasteiger charge is -2.09. The van der Waals surface area contributed by atoms with Crippen LogP contribution in [-0.2, 0) is 6.42 Å². The third-order valence-corrected chi connectivity index (χ3v) is 1.92. The molecule has 0 saturated carbocycles. The molecular formula is C6H8Cl3N5. The first-order valence-corrected chi connectivity index (χ1v) is 4.83. The smallest absolute Gasteiger partial charge is 0.225 e. The van der Waals surface area contributed by atoms with Crippen LogP contribution in [-0.4, -0.2) is 18.7 Å². The van der Waals surface area contributed by atoms with Crippen molar-refractivity contribution >= 4 is 46.7 Å². The first kappa shape index (κ1) is 11.6. The number of hydrogen-bond acceptors (Lipinski definition) is 5. The molecule has 78 valence electrons. The van der Waals surface area contributed by atoms with Gasteiger partial charge in [0, 0.05) is 12.8 Å². The lowest BCUT2D eigenvalue weighted by atomic mass is 10.3. The Morgan fingerprint density at radius 2 is 1.50 bits per heavy atom. The number of aromatic nitrogens is 3. The normalized spacial score (nSPS) is 11.6. The standard InChI is InChI=1S/C6H8Cl3N5/c7-6(8,9)2-1-3-12-4(10)14-5(11)13-3/h1-2H2,(H4,10,11,12,13,14). The van der Waals surface area contributed by atoms with Gasteiger partial charge in [0.05, 0.1) is 0 Å². The Bertz CT molecular complexity index is 303. The van der Waals surface area contributed by atoms with Crippen molar-refractivity contribution in [2.75, 3.05) is 11.5 Å². The third kappa shape index (κ3) is 4.13. The number of alkyl halides is 3. The summed E-state index contributed by atoms with van der Waals surface area (Å²) in [5, 5.41) is 0. The molecule has 14 heavy (non-hydrogen) atoms. The molecule has 0 bridgehead atoms. The monoisotopic (exact) mass is 255 g/mol. The lowest BCUT2D eigenvalue weighted by Crippen LogP contribution is -2.10. The highest BCUT2D eigenvalue weighted by atomic mass is 35.6. The fraction of sp³-hybridized carbons (Fsp3) is 0.500. The molecule has 0 radical (unpaired) electrons. The average molecular weight is 257 g/mol. The van der Waals surface area contributed by atoms with Gasteiger partial charge in [0.1, 0.15) is 5.82 Å². The summed E-state index contributed by atoms with van der Waals surface area (Å²) in [6.07, 6.45) is 0.675. The number of nitrogen functional groups attached to an aromatic ring is 2. The zero-order chi connectivity index (χ0) is 10.8. The summed E-state index contributed by atoms with van der Waals surface area (Å²) in [5.74, 6) is 0.551. The molecule has 5 nitrogen and oxygen atoms in total. The summed E-state index contributed by atoms with van der Waals surface area (Å²) in [7, 11) is 0. The summed E-state index contributed by atoms with van der Waals surface area (Å²) in [6, 6.07) is 0. The molecule has 4 N–H and O–H groups in total. The van der Waals surface area contributed by atoms with Crippen LogP contribution in [0.15, 0.2) is 0 Å². The second-order valence-electron chi connectivity index (χ2n) is 2.58. The number of aryl methyl sites for hydroxylation is 1. The minimum absolute atomic E-state index is 0.0665. The molecule has 0 amide bonds. The topological polar surface area (TPSA) is 90.7 Å². The summed E-state index contributed by atoms with van der Waals surface area (Å²) < 4.78 is -1.32. The third-order valence-electron chi connectivity index (χ3n) is 1.35. The van der Waals surface area contributed by atoms with Gasteiger partial charge in [-0.15, -0.1) is 0 Å². The Balaban J connectivity index is 2.68. The van der Waals surface area contributed by atoms with Crippen LogP contribution in [0.25, 0.3) is 0 Å². The predicted octanol–water partition coefficient (Wildman–Crippen LogP) is 1.34. The fourth-order valence-corrected chi connectivity index (χ4v) is 1.11. The number of anilines is 2. The Hall–Kier alpha value is -0.520. The molecular weight excluding hydrogens is 248 g/mol. The maximum atomic E-state index is 5.56. The molecule has 8 heteroatoms. The Kier molecular flexibility index (Phi) is 3.58. The number of halogens is 3. The van der Waals surface area contributed by atoms with Crippen molar-refractivity contribution in [3.8, 4) is 0 Å². The van der Waals surface area contributed by atoms with Crippen LogP contribution >= 0.6 is 34.8 Å². The summed E-state index contributed by atoms with van der Waals surface area (Å²) in [5.41, 5.74) is 10.7. The number of nitrogens with two attached hydrogens (primary N) is 2. The molecule has 0 aliphatic heterocycles. The molecule has 0 aliphatic rings. The van der Waals surface area contributed by atoms with Crippen molar-refractivity contribution in [1.29, 1.82) is 0 Å². The Labute approximate surface area is 95.8 Å². The van der Waals surface area contributed by atoms with Crippen molar-refractivity contribution in [2.45, 2.75) is 16.6 Å². The van der Waals surface area contributed by atoms with E-state index in [0.29, 0.717) is 18.7 Å². The van der Waals surface area contributed by atoms with Crippen molar-refractivity contribution < 1.29 is 0 Å². The van der Waals surface area contributed by atoms with Crippen LogP contribution in [0, 0.1) is 0 Å². The van der Waals surface area contributed by atoms with E-state index in [9.17, 15) is 0 Å². The average Bonchev–Trinajstić information content (AvgIpc) is 1.97. The van der Waals surface area contributed by atoms with E-state index in [1.165, 1.54) is 0 Å². The van der Waals surface area contributed by atoms with Gasteiger partial charge in [-0.2, -0.15) is 15.0 Å². The SMILES string of the molecule is Nc1nc(N)nc(CCC(Cl)(Cl)Cl)n1. The molecule has 0 spiro atoms. The maximum absolute atomic E-state index is 5.56. The van der Waals surface area contributed by atoms with Crippen molar-refractivity contribution in [3.63, 3.8) is 0 Å². The second-order valence-corrected chi connectivity index (χ2v) is 5.10. The minimum Gasteiger partial charge on any atom is -0.368 e. The van der Waals surface area contributed by atoms with Crippen LogP contribution in [0.5, 0.6) is 0 Å². The number of hydrogen-bond donors (Lipinski definition) is 2. The second kappa shape index (κ2) is 4.33. The van der Waals surface area contributed by atoms with E-state index in [2.05, 4.69) is 15.0 Å². The van der Waals surface area contributed by atoms with Gasteiger partial charge in [-0.25, -0.2) is 0 Å². The van der Waals surface area contributed by atoms with Gasteiger partial charge < -0.3 is 11.5 Å². The molecule has 0 unspecified atom stereocenters. The minimum atomic E-state index is -1.32. The largest absolute Gasteiger partial charge is 0.368 e. The maximum Gasteiger partial charge on any atom is 0.225 e. The molecule has 0 atom stereocenters. The van der Waals surface area contributed by atoms with E-state index >= 15 is 0 Å². The summed E-state index contributed by atoms with van der Waals surface area (Å²) in [6.45, 7) is 0. The first-order chi connectivity index (χ1) is 6.37. The van der Waals surface area contributed by atoms with Gasteiger partial charge in [-0.3, -0.25) is 0 Å². The van der Waals surface area contributed by atoms with Crippen LogP contribution in [0.4, 0.5) is 11.9 Å². The number of rotatable bonds is 2. The van der Waals surface area contributed by atoms with Crippen LogP contribution < -0.4 is 11.5 Å². The highest BCUT2D eigenvalue weighted by molar-refractivity contribution is 6.67. The van der Waals surface area contributed by atoms with E-state index in [4.69, 9.17) is 46.3 Å². The molecule has 0 fully saturated rings. The van der Waals surface area contributed by atoms with Crippen molar-refractivity contribution in [3.05, 3.63) is 5.82 Å². The van der Waals surface area contributed by atoms with Crippen molar-refractivity contribution in [1.82, 2.24) is 15.0 Å². The van der Waals surface area contributed by atoms with E-state index in [1.807, 2.05) is 0 Å². The summed E-state index contributed by atoms with van der Waals surface area (Å²) >= 11 is 16.7. The molecule has 0 aliphatic carbocycles. The number of nitrogens with zero attached hydrogens (tertiary/aromatic N) is 3. The van der Waals surface area contributed by atoms with Gasteiger partial charge in [0.15, 0.2) is 3.79 Å². The molecule has 1 heterocycles. The van der Waals surface area contributed by atoms with Crippen molar-refractivity contribution in [2.24, 2.45) is 0 Å². The highest BCUT2D eigenvalue weighted by Gasteiger charge is 2.20. The zero-order valence-corrected chi connectivity index (χ0v) is 9.31. The molecule has 1 aromatic heterocycles. The molecule has 0 aromatic carbocycles. The van der Waals surface area contributed by atoms with E-state index in [-0.39, 0.29) is 11.9 Å².